The molecule has 2 aromatic heterocycles. The highest BCUT2D eigenvalue weighted by atomic mass is 32.1. The van der Waals surface area contributed by atoms with Crippen LogP contribution >= 0.6 is 11.3 Å². The van der Waals surface area contributed by atoms with Crippen LogP contribution in [-0.2, 0) is 6.54 Å². The minimum Gasteiger partial charge on any atom is -0.389 e. The number of nitrogens with one attached hydrogen (secondary N) is 2. The molecule has 1 saturated heterocycles. The first-order chi connectivity index (χ1) is 11.1. The summed E-state index contributed by atoms with van der Waals surface area (Å²) in [6, 6.07) is 0. The molecule has 124 valence electrons. The molecule has 0 radical (unpaired) electrons. The molecule has 2 aromatic rings. The van der Waals surface area contributed by atoms with Crippen molar-refractivity contribution in [2.45, 2.75) is 24.7 Å². The van der Waals surface area contributed by atoms with E-state index in [1.165, 1.54) is 23.9 Å². The number of aliphatic hydroxyl groups is 2. The van der Waals surface area contributed by atoms with Crippen molar-refractivity contribution in [1.29, 1.82) is 0 Å². The molecule has 0 unspecified atom stereocenters. The molecule has 23 heavy (non-hydrogen) atoms. The number of aliphatic hydroxyl groups excluding tert-OH is 1. The molecule has 0 aliphatic carbocycles. The summed E-state index contributed by atoms with van der Waals surface area (Å²) in [6.45, 7) is 1.62. The number of thiazole rings is 1. The van der Waals surface area contributed by atoms with E-state index in [1.54, 1.807) is 5.51 Å². The number of imidazole rings is 1. The van der Waals surface area contributed by atoms with Gasteiger partial charge in [-0.05, 0) is 6.42 Å². The van der Waals surface area contributed by atoms with Gasteiger partial charge in [-0.25, -0.2) is 9.97 Å². The Bertz CT molecular complexity index is 633. The van der Waals surface area contributed by atoms with E-state index in [-0.39, 0.29) is 12.5 Å². The Morgan fingerprint density at radius 2 is 2.48 bits per heavy atom. The van der Waals surface area contributed by atoms with Gasteiger partial charge in [0.1, 0.15) is 11.3 Å². The molecule has 0 bridgehead atoms. The standard InChI is InChI=1S/C14H19N5O3S/c20-12-5-19(4-10-6-23-9-18-10)2-1-14(12,22)7-16-13(21)11-3-15-8-17-11/h3,6,8-9,12,20,22H,1-2,4-5,7H2,(H,15,17)(H,16,21)/t12-,14-/m1/s1. The average molecular weight is 337 g/mol. The van der Waals surface area contributed by atoms with Crippen LogP contribution in [0, 0.1) is 0 Å². The van der Waals surface area contributed by atoms with Gasteiger partial charge >= 0.3 is 0 Å². The van der Waals surface area contributed by atoms with Gasteiger partial charge in [0.2, 0.25) is 0 Å². The lowest BCUT2D eigenvalue weighted by molar-refractivity contribution is -0.117. The zero-order valence-corrected chi connectivity index (χ0v) is 13.3. The van der Waals surface area contributed by atoms with E-state index in [0.717, 1.165) is 5.69 Å². The average Bonchev–Trinajstić information content (AvgIpc) is 3.22. The third-order valence-electron chi connectivity index (χ3n) is 4.08. The number of carbonyl (C=O) groups excluding carboxylic acids is 1. The Kier molecular flexibility index (Phi) is 4.71. The molecule has 3 heterocycles. The minimum absolute atomic E-state index is 0.00341. The van der Waals surface area contributed by atoms with Crippen molar-refractivity contribution in [3.63, 3.8) is 0 Å². The summed E-state index contributed by atoms with van der Waals surface area (Å²) in [5.74, 6) is -0.354. The largest absolute Gasteiger partial charge is 0.389 e. The van der Waals surface area contributed by atoms with Crippen LogP contribution in [0.2, 0.25) is 0 Å². The lowest BCUT2D eigenvalue weighted by Gasteiger charge is -2.41. The molecule has 1 fully saturated rings. The molecule has 9 heteroatoms. The molecular formula is C14H19N5O3S. The number of β-amino-alcohol motifs (C(OH)–C–C–N with tert-alkyl or cyclic N) is 1. The number of H-pyrrole nitrogens is 1. The van der Waals surface area contributed by atoms with E-state index >= 15 is 0 Å². The van der Waals surface area contributed by atoms with Crippen LogP contribution in [0.3, 0.4) is 0 Å². The Balaban J connectivity index is 1.53. The Morgan fingerprint density at radius 3 is 3.13 bits per heavy atom. The summed E-state index contributed by atoms with van der Waals surface area (Å²) in [5.41, 5.74) is 1.73. The third-order valence-corrected chi connectivity index (χ3v) is 4.71. The summed E-state index contributed by atoms with van der Waals surface area (Å²) < 4.78 is 0. The van der Waals surface area contributed by atoms with Gasteiger partial charge < -0.3 is 20.5 Å². The van der Waals surface area contributed by atoms with Gasteiger partial charge in [-0.3, -0.25) is 9.69 Å². The number of piperidine rings is 1. The monoisotopic (exact) mass is 337 g/mol. The van der Waals surface area contributed by atoms with E-state index in [9.17, 15) is 15.0 Å². The highest BCUT2D eigenvalue weighted by Gasteiger charge is 2.40. The molecule has 1 amide bonds. The van der Waals surface area contributed by atoms with Crippen molar-refractivity contribution in [3.8, 4) is 0 Å². The summed E-state index contributed by atoms with van der Waals surface area (Å²) in [6.07, 6.45) is 2.26. The van der Waals surface area contributed by atoms with Gasteiger partial charge in [-0.15, -0.1) is 11.3 Å². The van der Waals surface area contributed by atoms with E-state index in [1.807, 2.05) is 10.3 Å². The number of hydrogen-bond donors (Lipinski definition) is 4. The first kappa shape index (κ1) is 16.1. The number of aromatic nitrogens is 3. The maximum absolute atomic E-state index is 11.9. The molecule has 0 spiro atoms. The first-order valence-electron chi connectivity index (χ1n) is 7.33. The lowest BCUT2D eigenvalue weighted by Crippen LogP contribution is -2.60. The third kappa shape index (κ3) is 3.75. The normalized spacial score (nSPS) is 25.4. The fourth-order valence-electron chi connectivity index (χ4n) is 2.63. The lowest BCUT2D eigenvalue weighted by atomic mass is 9.88. The predicted molar refractivity (Wildman–Crippen MR) is 83.9 cm³/mol. The number of amides is 1. The maximum Gasteiger partial charge on any atom is 0.269 e. The van der Waals surface area contributed by atoms with E-state index < -0.39 is 11.7 Å². The van der Waals surface area contributed by atoms with E-state index in [2.05, 4.69) is 20.3 Å². The molecule has 1 aliphatic heterocycles. The molecule has 1 aliphatic rings. The Morgan fingerprint density at radius 1 is 1.61 bits per heavy atom. The topological polar surface area (TPSA) is 114 Å². The molecular weight excluding hydrogens is 318 g/mol. The van der Waals surface area contributed by atoms with Gasteiger partial charge in [0.25, 0.3) is 5.91 Å². The highest BCUT2D eigenvalue weighted by molar-refractivity contribution is 7.07. The number of rotatable bonds is 5. The fraction of sp³-hybridized carbons (Fsp3) is 0.500. The van der Waals surface area contributed by atoms with Crippen LogP contribution in [0.1, 0.15) is 22.6 Å². The van der Waals surface area contributed by atoms with Crippen molar-refractivity contribution in [3.05, 3.63) is 34.8 Å². The first-order valence-corrected chi connectivity index (χ1v) is 8.27. The maximum atomic E-state index is 11.9. The molecule has 2 atom stereocenters. The predicted octanol–water partition coefficient (Wildman–Crippen LogP) is -0.406. The zero-order chi connectivity index (χ0) is 16.3. The Hall–Kier alpha value is -1.81. The molecule has 8 nitrogen and oxygen atoms in total. The smallest absolute Gasteiger partial charge is 0.269 e. The number of likely N-dealkylation sites (tertiary alicyclic amines) is 1. The number of nitrogens with zero attached hydrogens (tertiary/aromatic N) is 3. The second kappa shape index (κ2) is 6.75. The van der Waals surface area contributed by atoms with Crippen LogP contribution in [0.4, 0.5) is 0 Å². The van der Waals surface area contributed by atoms with Gasteiger partial charge in [0.15, 0.2) is 0 Å². The number of hydrogen-bond acceptors (Lipinski definition) is 7. The van der Waals surface area contributed by atoms with Gasteiger partial charge in [0, 0.05) is 31.6 Å². The van der Waals surface area contributed by atoms with Crippen LogP contribution in [0.25, 0.3) is 0 Å². The summed E-state index contributed by atoms with van der Waals surface area (Å²) in [4.78, 5) is 24.6. The quantitative estimate of drug-likeness (QED) is 0.590. The fourth-order valence-corrected chi connectivity index (χ4v) is 3.18. The van der Waals surface area contributed by atoms with Gasteiger partial charge in [-0.2, -0.15) is 0 Å². The van der Waals surface area contributed by atoms with Crippen molar-refractivity contribution < 1.29 is 15.0 Å². The second-order valence-corrected chi connectivity index (χ2v) is 6.45. The van der Waals surface area contributed by atoms with Crippen LogP contribution in [0.5, 0.6) is 0 Å². The number of carbonyl (C=O) groups is 1. The van der Waals surface area contributed by atoms with E-state index in [4.69, 9.17) is 0 Å². The summed E-state index contributed by atoms with van der Waals surface area (Å²) in [7, 11) is 0. The number of aromatic amines is 1. The van der Waals surface area contributed by atoms with Gasteiger partial charge in [0.05, 0.1) is 29.8 Å². The second-order valence-electron chi connectivity index (χ2n) is 5.73. The van der Waals surface area contributed by atoms with Crippen LogP contribution in [-0.4, -0.2) is 67.3 Å². The minimum atomic E-state index is -1.33. The zero-order valence-electron chi connectivity index (χ0n) is 12.5. The van der Waals surface area contributed by atoms with Crippen molar-refractivity contribution in [2.24, 2.45) is 0 Å². The van der Waals surface area contributed by atoms with Crippen LogP contribution < -0.4 is 5.32 Å². The van der Waals surface area contributed by atoms with Crippen molar-refractivity contribution in [1.82, 2.24) is 25.2 Å². The van der Waals surface area contributed by atoms with Crippen LogP contribution in [0.15, 0.2) is 23.4 Å². The summed E-state index contributed by atoms with van der Waals surface area (Å²) in [5, 5.41) is 25.5. The molecule has 0 aromatic carbocycles. The molecule has 3 rings (SSSR count). The SMILES string of the molecule is O=C(NC[C@]1(O)CCN(Cc2cscn2)C[C@H]1O)c1cnc[nH]1. The van der Waals surface area contributed by atoms with E-state index in [0.29, 0.717) is 31.7 Å². The Labute approximate surface area is 137 Å². The van der Waals surface area contributed by atoms with Gasteiger partial charge in [-0.1, -0.05) is 0 Å². The van der Waals surface area contributed by atoms with Crippen molar-refractivity contribution in [2.75, 3.05) is 19.6 Å². The highest BCUT2D eigenvalue weighted by Crippen LogP contribution is 2.23. The summed E-state index contributed by atoms with van der Waals surface area (Å²) >= 11 is 1.53. The molecule has 4 N–H and O–H groups in total. The van der Waals surface area contributed by atoms with Crippen molar-refractivity contribution >= 4 is 17.2 Å². The molecule has 0 saturated carbocycles.